The summed E-state index contributed by atoms with van der Waals surface area (Å²) in [7, 11) is 0. The van der Waals surface area contributed by atoms with Crippen molar-refractivity contribution >= 4 is 5.78 Å². The van der Waals surface area contributed by atoms with E-state index in [0.29, 0.717) is 44.4 Å². The van der Waals surface area contributed by atoms with Crippen LogP contribution in [0.2, 0.25) is 0 Å². The molecular weight excluding hydrogens is 654 g/mol. The molecule has 11 nitrogen and oxygen atoms in total. The minimum atomic E-state index is -0.765. The highest BCUT2D eigenvalue weighted by Crippen LogP contribution is 2.54. The van der Waals surface area contributed by atoms with Crippen molar-refractivity contribution in [2.75, 3.05) is 6.54 Å². The molecule has 1 spiro atoms. The summed E-state index contributed by atoms with van der Waals surface area (Å²) in [6.07, 6.45) is 6.43. The minimum Gasteiger partial charge on any atom is -0.392 e. The Bertz CT molecular complexity index is 1360. The predicted molar refractivity (Wildman–Crippen MR) is 185 cm³/mol. The monoisotopic (exact) mass is 713 g/mol. The van der Waals surface area contributed by atoms with Crippen LogP contribution in [0.15, 0.2) is 24.3 Å². The SMILES string of the molecule is C=C1C[C@@H]2CCC34C[C@H]5O[C@H]6[C@@H](O3)[C@H]3OC(CC[C@@H]3O[C@H]6[C@H]5O4)CC(=O)C[C@H]3[C@H](CC4O[C@@H](CCC1O2)C[C@@H](C)C4=C)OC(CC(O)CN)[C@@H]3C. The molecule has 10 saturated heterocycles. The highest BCUT2D eigenvalue weighted by molar-refractivity contribution is 5.79. The van der Waals surface area contributed by atoms with E-state index in [0.717, 1.165) is 56.1 Å². The van der Waals surface area contributed by atoms with Crippen molar-refractivity contribution in [1.82, 2.24) is 0 Å². The van der Waals surface area contributed by atoms with Gasteiger partial charge in [0.15, 0.2) is 5.79 Å². The molecule has 284 valence electrons. The second kappa shape index (κ2) is 13.8. The van der Waals surface area contributed by atoms with Crippen LogP contribution in [0.5, 0.6) is 0 Å². The van der Waals surface area contributed by atoms with Crippen molar-refractivity contribution in [3.63, 3.8) is 0 Å². The molecule has 0 saturated carbocycles. The number of rotatable bonds is 3. The van der Waals surface area contributed by atoms with Gasteiger partial charge in [-0.25, -0.2) is 0 Å². The maximum absolute atomic E-state index is 14.0. The Morgan fingerprint density at radius 3 is 2.35 bits per heavy atom. The molecule has 10 fully saturated rings. The number of aliphatic hydroxyl groups excluding tert-OH is 1. The van der Waals surface area contributed by atoms with E-state index in [9.17, 15) is 9.90 Å². The van der Waals surface area contributed by atoms with E-state index in [1.54, 1.807) is 0 Å². The topological polar surface area (TPSA) is 137 Å². The van der Waals surface area contributed by atoms with Crippen LogP contribution >= 0.6 is 0 Å². The number of aliphatic hydroxyl groups is 1. The average molecular weight is 714 g/mol. The third kappa shape index (κ3) is 6.53. The molecule has 11 heteroatoms. The van der Waals surface area contributed by atoms with Gasteiger partial charge in [0.25, 0.3) is 0 Å². The first kappa shape index (κ1) is 35.5. The van der Waals surface area contributed by atoms with Gasteiger partial charge >= 0.3 is 0 Å². The van der Waals surface area contributed by atoms with Crippen molar-refractivity contribution in [2.24, 2.45) is 23.5 Å². The van der Waals surface area contributed by atoms with Crippen LogP contribution in [0.1, 0.15) is 97.3 Å². The van der Waals surface area contributed by atoms with Crippen molar-refractivity contribution in [3.8, 4) is 0 Å². The predicted octanol–water partition coefficient (Wildman–Crippen LogP) is 4.06. The van der Waals surface area contributed by atoms with Crippen LogP contribution in [0.25, 0.3) is 0 Å². The summed E-state index contributed by atoms with van der Waals surface area (Å²) in [5, 5.41) is 10.5. The first-order valence-corrected chi connectivity index (χ1v) is 20.1. The van der Waals surface area contributed by atoms with Crippen molar-refractivity contribution in [2.45, 2.75) is 195 Å². The number of nitrogens with two attached hydrogens (primary N) is 1. The lowest BCUT2D eigenvalue weighted by Crippen LogP contribution is -2.61. The third-order valence-corrected chi connectivity index (χ3v) is 14.2. The fraction of sp³-hybridized carbons (Fsp3) is 0.875. The van der Waals surface area contributed by atoms with E-state index >= 15 is 0 Å². The molecule has 10 aliphatic rings. The fourth-order valence-corrected chi connectivity index (χ4v) is 11.3. The molecular formula is C40H59NO10. The van der Waals surface area contributed by atoms with E-state index in [1.165, 1.54) is 0 Å². The molecule has 10 aliphatic heterocycles. The number of hydrogen-bond donors (Lipinski definition) is 2. The number of ketones is 1. The van der Waals surface area contributed by atoms with Gasteiger partial charge in [0.1, 0.15) is 36.3 Å². The molecule has 3 N–H and O–H groups in total. The number of carbonyl (C=O) groups excluding carboxylic acids is 1. The van der Waals surface area contributed by atoms with Crippen molar-refractivity contribution < 1.29 is 47.8 Å². The fourth-order valence-electron chi connectivity index (χ4n) is 11.3. The van der Waals surface area contributed by atoms with Gasteiger partial charge in [-0.15, -0.1) is 0 Å². The molecule has 6 unspecified atom stereocenters. The van der Waals surface area contributed by atoms with E-state index < -0.39 is 11.9 Å². The second-order valence-electron chi connectivity index (χ2n) is 17.6. The molecule has 0 amide bonds. The van der Waals surface area contributed by atoms with Gasteiger partial charge in [0.05, 0.1) is 61.0 Å². The average Bonchev–Trinajstić information content (AvgIpc) is 3.77. The molecule has 0 aromatic heterocycles. The molecule has 10 heterocycles. The summed E-state index contributed by atoms with van der Waals surface area (Å²) < 4.78 is 54.0. The zero-order valence-electron chi connectivity index (χ0n) is 30.4. The summed E-state index contributed by atoms with van der Waals surface area (Å²) in [5.41, 5.74) is 8.06. The van der Waals surface area contributed by atoms with Crippen molar-refractivity contribution in [3.05, 3.63) is 24.3 Å². The van der Waals surface area contributed by atoms with Gasteiger partial charge in [-0.3, -0.25) is 4.79 Å². The zero-order chi connectivity index (χ0) is 35.2. The quantitative estimate of drug-likeness (QED) is 0.410. The molecule has 51 heavy (non-hydrogen) atoms. The number of Topliss-reactive ketones (excluding diaryl/α,β-unsaturated/α-hetero) is 1. The summed E-state index contributed by atoms with van der Waals surface area (Å²) in [5.74, 6) is -0.222. The van der Waals surface area contributed by atoms with E-state index in [1.807, 2.05) is 0 Å². The van der Waals surface area contributed by atoms with Gasteiger partial charge < -0.3 is 48.7 Å². The lowest BCUT2D eigenvalue weighted by atomic mass is 9.78. The summed E-state index contributed by atoms with van der Waals surface area (Å²) in [6, 6.07) is 0. The Hall–Kier alpha value is -1.25. The molecule has 19 atom stereocenters. The van der Waals surface area contributed by atoms with Crippen LogP contribution in [-0.2, 0) is 42.7 Å². The van der Waals surface area contributed by atoms with Crippen molar-refractivity contribution in [1.29, 1.82) is 0 Å². The number of hydrogen-bond acceptors (Lipinski definition) is 11. The summed E-state index contributed by atoms with van der Waals surface area (Å²) in [6.45, 7) is 13.5. The number of ether oxygens (including phenoxy) is 8. The molecule has 0 aromatic rings. The molecule has 10 rings (SSSR count). The lowest BCUT2D eigenvalue weighted by molar-refractivity contribution is -0.292. The smallest absolute Gasteiger partial charge is 0.172 e. The van der Waals surface area contributed by atoms with E-state index in [-0.39, 0.29) is 110 Å². The summed E-state index contributed by atoms with van der Waals surface area (Å²) in [4.78, 5) is 14.0. The standard InChI is InChI=1S/C40H59NO10/c1-19-11-25-5-7-29-20(2)12-27(44-29)9-10-40-17-34-36(50-40)37-38(49-34)39(51-40)35-30(48-37)8-6-26(46-35)13-23(42)14-28-22(4)31(15-24(43)18-41)47-33(28)16-32(45-25)21(19)3/h19,22,24-39,43H,2-3,5-18,41H2,1,4H3/t19-,22-,24?,25+,26?,27+,28-,29?,30+,31?,32?,33+,34-,35+,36+,37+,38-,39+,40?/m1/s1. The first-order chi connectivity index (χ1) is 24.6. The number of carbonyl (C=O) groups is 1. The normalized spacial score (nSPS) is 53.2. The van der Waals surface area contributed by atoms with Gasteiger partial charge in [-0.1, -0.05) is 27.0 Å². The van der Waals surface area contributed by atoms with E-state index in [4.69, 9.17) is 43.6 Å². The van der Waals surface area contributed by atoms with Crippen LogP contribution in [0, 0.1) is 17.8 Å². The molecule has 0 aliphatic carbocycles. The largest absolute Gasteiger partial charge is 0.392 e. The Kier molecular flexibility index (Phi) is 9.59. The Morgan fingerprint density at radius 2 is 1.51 bits per heavy atom. The highest BCUT2D eigenvalue weighted by Gasteiger charge is 2.68. The summed E-state index contributed by atoms with van der Waals surface area (Å²) >= 11 is 0. The van der Waals surface area contributed by atoms with Gasteiger partial charge in [-0.2, -0.15) is 0 Å². The highest BCUT2D eigenvalue weighted by atomic mass is 16.8. The van der Waals surface area contributed by atoms with Crippen LogP contribution in [0.3, 0.4) is 0 Å². The van der Waals surface area contributed by atoms with Gasteiger partial charge in [0.2, 0.25) is 0 Å². The first-order valence-electron chi connectivity index (χ1n) is 20.1. The van der Waals surface area contributed by atoms with Gasteiger partial charge in [-0.05, 0) is 73.8 Å². The zero-order valence-corrected chi connectivity index (χ0v) is 30.4. The van der Waals surface area contributed by atoms with Gasteiger partial charge in [0, 0.05) is 45.1 Å². The van der Waals surface area contributed by atoms with E-state index in [2.05, 4.69) is 27.0 Å². The third-order valence-electron chi connectivity index (χ3n) is 14.2. The second-order valence-corrected chi connectivity index (χ2v) is 17.6. The molecule has 0 radical (unpaired) electrons. The Labute approximate surface area is 302 Å². The van der Waals surface area contributed by atoms with Crippen LogP contribution < -0.4 is 5.73 Å². The molecule has 0 aromatic carbocycles. The molecule has 12 bridgehead atoms. The Balaban J connectivity index is 0.986. The van der Waals surface area contributed by atoms with Crippen LogP contribution in [0.4, 0.5) is 0 Å². The minimum absolute atomic E-state index is 0.00127. The maximum Gasteiger partial charge on any atom is 0.172 e. The maximum atomic E-state index is 14.0. The lowest BCUT2D eigenvalue weighted by Gasteiger charge is -2.47. The Morgan fingerprint density at radius 1 is 0.765 bits per heavy atom. The number of fused-ring (bicyclic) bond motifs is 6. The van der Waals surface area contributed by atoms with Crippen LogP contribution in [-0.4, -0.2) is 115 Å².